The maximum absolute atomic E-state index is 5.33. The summed E-state index contributed by atoms with van der Waals surface area (Å²) in [6, 6.07) is 4.80. The Morgan fingerprint density at radius 2 is 1.76 bits per heavy atom. The molecule has 2 heteroatoms. The third-order valence-corrected chi connectivity index (χ3v) is 3.06. The van der Waals surface area contributed by atoms with E-state index in [4.69, 9.17) is 4.74 Å². The number of ether oxygens (including phenoxy) is 1. The molecule has 0 aromatic heterocycles. The van der Waals surface area contributed by atoms with E-state index in [0.29, 0.717) is 6.04 Å². The Morgan fingerprint density at radius 3 is 2.24 bits per heavy atom. The number of rotatable bonds is 6. The molecule has 0 radical (unpaired) electrons. The fraction of sp³-hybridized carbons (Fsp3) is 0.600. The minimum Gasteiger partial charge on any atom is -0.383 e. The second-order valence-electron chi connectivity index (χ2n) is 4.77. The van der Waals surface area contributed by atoms with E-state index in [1.165, 1.54) is 22.3 Å². The minimum absolute atomic E-state index is 0.306. The molecule has 0 saturated carbocycles. The van der Waals surface area contributed by atoms with Crippen LogP contribution in [0, 0.1) is 20.8 Å². The Bertz CT molecular complexity index is 337. The largest absolute Gasteiger partial charge is 0.383 e. The number of nitrogens with one attached hydrogen (secondary N) is 1. The highest BCUT2D eigenvalue weighted by atomic mass is 16.5. The monoisotopic (exact) mass is 235 g/mol. The molecule has 0 heterocycles. The van der Waals surface area contributed by atoms with Crippen LogP contribution in [0.1, 0.15) is 41.6 Å². The van der Waals surface area contributed by atoms with Crippen LogP contribution in [0.25, 0.3) is 0 Å². The second-order valence-corrected chi connectivity index (χ2v) is 4.77. The summed E-state index contributed by atoms with van der Waals surface area (Å²) in [5, 5.41) is 3.56. The first kappa shape index (κ1) is 14.2. The normalized spacial score (nSPS) is 12.8. The van der Waals surface area contributed by atoms with Crippen LogP contribution in [0.15, 0.2) is 12.1 Å². The summed E-state index contributed by atoms with van der Waals surface area (Å²) in [5.74, 6) is 0. The maximum atomic E-state index is 5.33. The van der Waals surface area contributed by atoms with Gasteiger partial charge in [0.25, 0.3) is 0 Å². The van der Waals surface area contributed by atoms with Crippen LogP contribution >= 0.6 is 0 Å². The number of hydrogen-bond acceptors (Lipinski definition) is 2. The fourth-order valence-electron chi connectivity index (χ4n) is 2.47. The van der Waals surface area contributed by atoms with Gasteiger partial charge in [0.2, 0.25) is 0 Å². The molecule has 0 fully saturated rings. The Hall–Kier alpha value is -0.860. The molecule has 0 aliphatic carbocycles. The van der Waals surface area contributed by atoms with Crippen LogP contribution in [0.2, 0.25) is 0 Å². The average Bonchev–Trinajstić information content (AvgIpc) is 2.24. The minimum atomic E-state index is 0.306. The molecule has 0 aliphatic rings. The van der Waals surface area contributed by atoms with Gasteiger partial charge in [0.05, 0.1) is 12.6 Å². The fourth-order valence-corrected chi connectivity index (χ4v) is 2.47. The van der Waals surface area contributed by atoms with Gasteiger partial charge in [-0.3, -0.25) is 0 Å². The van der Waals surface area contributed by atoms with Gasteiger partial charge in [0, 0.05) is 7.11 Å². The Morgan fingerprint density at radius 1 is 1.18 bits per heavy atom. The Labute approximate surface area is 105 Å². The SMILES string of the molecule is CCCNC(COC)c1c(C)cc(C)cc1C. The number of methoxy groups -OCH3 is 1. The van der Waals surface area contributed by atoms with Crippen molar-refractivity contribution in [3.63, 3.8) is 0 Å². The standard InChI is InChI=1S/C15H25NO/c1-6-7-16-14(10-17-5)15-12(3)8-11(2)9-13(15)4/h8-9,14,16H,6-7,10H2,1-5H3. The van der Waals surface area contributed by atoms with E-state index < -0.39 is 0 Å². The first-order chi connectivity index (χ1) is 8.10. The third-order valence-electron chi connectivity index (χ3n) is 3.06. The van der Waals surface area contributed by atoms with Crippen molar-refractivity contribution in [2.24, 2.45) is 0 Å². The summed E-state index contributed by atoms with van der Waals surface area (Å²) in [4.78, 5) is 0. The van der Waals surface area contributed by atoms with Crippen LogP contribution < -0.4 is 5.32 Å². The van der Waals surface area contributed by atoms with Gasteiger partial charge < -0.3 is 10.1 Å². The molecule has 1 aromatic rings. The van der Waals surface area contributed by atoms with Gasteiger partial charge in [-0.15, -0.1) is 0 Å². The zero-order chi connectivity index (χ0) is 12.8. The summed E-state index contributed by atoms with van der Waals surface area (Å²) < 4.78 is 5.33. The molecule has 1 atom stereocenters. The van der Waals surface area contributed by atoms with Crippen LogP contribution in [-0.4, -0.2) is 20.3 Å². The van der Waals surface area contributed by atoms with E-state index in [2.05, 4.69) is 45.1 Å². The van der Waals surface area contributed by atoms with Gasteiger partial charge in [-0.25, -0.2) is 0 Å². The number of aryl methyl sites for hydroxylation is 3. The van der Waals surface area contributed by atoms with Crippen molar-refractivity contribution in [3.8, 4) is 0 Å². The smallest absolute Gasteiger partial charge is 0.0657 e. The van der Waals surface area contributed by atoms with Crippen molar-refractivity contribution >= 4 is 0 Å². The van der Waals surface area contributed by atoms with Crippen LogP contribution in [0.4, 0.5) is 0 Å². The van der Waals surface area contributed by atoms with Crippen molar-refractivity contribution in [2.75, 3.05) is 20.3 Å². The van der Waals surface area contributed by atoms with Crippen LogP contribution in [-0.2, 0) is 4.74 Å². The van der Waals surface area contributed by atoms with E-state index in [1.54, 1.807) is 7.11 Å². The van der Waals surface area contributed by atoms with Gasteiger partial charge in [-0.05, 0) is 50.4 Å². The molecule has 0 amide bonds. The van der Waals surface area contributed by atoms with Gasteiger partial charge in [0.1, 0.15) is 0 Å². The lowest BCUT2D eigenvalue weighted by Gasteiger charge is -2.22. The molecule has 1 rings (SSSR count). The summed E-state index contributed by atoms with van der Waals surface area (Å²) >= 11 is 0. The molecule has 0 spiro atoms. The molecule has 0 bridgehead atoms. The second kappa shape index (κ2) is 6.77. The lowest BCUT2D eigenvalue weighted by atomic mass is 9.94. The molecule has 0 saturated heterocycles. The zero-order valence-corrected chi connectivity index (χ0v) is 11.8. The summed E-state index contributed by atoms with van der Waals surface area (Å²) in [5.41, 5.74) is 5.43. The molecule has 96 valence electrons. The molecule has 17 heavy (non-hydrogen) atoms. The average molecular weight is 235 g/mol. The van der Waals surface area contributed by atoms with Crippen LogP contribution in [0.3, 0.4) is 0 Å². The molecule has 1 aromatic carbocycles. The van der Waals surface area contributed by atoms with Gasteiger partial charge >= 0.3 is 0 Å². The predicted octanol–water partition coefficient (Wildman–Crippen LogP) is 3.30. The maximum Gasteiger partial charge on any atom is 0.0657 e. The Balaban J connectivity index is 3.00. The summed E-state index contributed by atoms with van der Waals surface area (Å²) in [6.07, 6.45) is 1.14. The van der Waals surface area contributed by atoms with Crippen molar-refractivity contribution in [2.45, 2.75) is 40.2 Å². The summed E-state index contributed by atoms with van der Waals surface area (Å²) in [7, 11) is 1.76. The third kappa shape index (κ3) is 3.83. The van der Waals surface area contributed by atoms with Gasteiger partial charge in [-0.2, -0.15) is 0 Å². The topological polar surface area (TPSA) is 21.3 Å². The highest BCUT2D eigenvalue weighted by Gasteiger charge is 2.15. The van der Waals surface area contributed by atoms with E-state index >= 15 is 0 Å². The highest BCUT2D eigenvalue weighted by Crippen LogP contribution is 2.23. The molecule has 2 nitrogen and oxygen atoms in total. The van der Waals surface area contributed by atoms with E-state index in [0.717, 1.165) is 19.6 Å². The molecule has 1 unspecified atom stereocenters. The van der Waals surface area contributed by atoms with Crippen molar-refractivity contribution in [3.05, 3.63) is 34.4 Å². The van der Waals surface area contributed by atoms with E-state index in [9.17, 15) is 0 Å². The van der Waals surface area contributed by atoms with E-state index in [-0.39, 0.29) is 0 Å². The van der Waals surface area contributed by atoms with E-state index in [1.807, 2.05) is 0 Å². The quantitative estimate of drug-likeness (QED) is 0.817. The zero-order valence-electron chi connectivity index (χ0n) is 11.8. The van der Waals surface area contributed by atoms with Gasteiger partial charge in [-0.1, -0.05) is 24.6 Å². The lowest BCUT2D eigenvalue weighted by molar-refractivity contribution is 0.166. The predicted molar refractivity (Wildman–Crippen MR) is 73.6 cm³/mol. The molecular formula is C15H25NO. The Kier molecular flexibility index (Phi) is 5.66. The summed E-state index contributed by atoms with van der Waals surface area (Å²) in [6.45, 7) is 10.5. The molecular weight excluding hydrogens is 210 g/mol. The van der Waals surface area contributed by atoms with Gasteiger partial charge in [0.15, 0.2) is 0 Å². The first-order valence-corrected chi connectivity index (χ1v) is 6.40. The first-order valence-electron chi connectivity index (χ1n) is 6.40. The molecule has 0 aliphatic heterocycles. The van der Waals surface area contributed by atoms with Crippen LogP contribution in [0.5, 0.6) is 0 Å². The van der Waals surface area contributed by atoms with Crippen molar-refractivity contribution in [1.82, 2.24) is 5.32 Å². The lowest BCUT2D eigenvalue weighted by Crippen LogP contribution is -2.27. The van der Waals surface area contributed by atoms with Crippen molar-refractivity contribution in [1.29, 1.82) is 0 Å². The molecule has 1 N–H and O–H groups in total. The highest BCUT2D eigenvalue weighted by molar-refractivity contribution is 5.39. The van der Waals surface area contributed by atoms with Crippen molar-refractivity contribution < 1.29 is 4.74 Å². The number of hydrogen-bond donors (Lipinski definition) is 1. The number of benzene rings is 1.